The van der Waals surface area contributed by atoms with Gasteiger partial charge in [-0.3, -0.25) is 9.59 Å². The molecule has 0 bridgehead atoms. The van der Waals surface area contributed by atoms with Crippen LogP contribution in [0.5, 0.6) is 0 Å². The second-order valence-corrected chi connectivity index (χ2v) is 8.02. The maximum absolute atomic E-state index is 12.4. The van der Waals surface area contributed by atoms with Gasteiger partial charge in [0.25, 0.3) is 0 Å². The van der Waals surface area contributed by atoms with E-state index in [4.69, 9.17) is 0 Å². The first-order valence-corrected chi connectivity index (χ1v) is 9.78. The fourth-order valence-electron chi connectivity index (χ4n) is 3.36. The Labute approximate surface area is 150 Å². The number of aromatic nitrogens is 1. The molecule has 128 valence electrons. The van der Waals surface area contributed by atoms with Crippen molar-refractivity contribution in [1.82, 2.24) is 4.98 Å². The minimum atomic E-state index is 0.0871. The van der Waals surface area contributed by atoms with Gasteiger partial charge >= 0.3 is 0 Å². The van der Waals surface area contributed by atoms with Gasteiger partial charge in [0.15, 0.2) is 5.13 Å². The molecule has 2 heterocycles. The highest BCUT2D eigenvalue weighted by molar-refractivity contribution is 7.14. The van der Waals surface area contributed by atoms with E-state index in [1.165, 1.54) is 16.9 Å². The van der Waals surface area contributed by atoms with Crippen molar-refractivity contribution in [2.75, 3.05) is 16.8 Å². The van der Waals surface area contributed by atoms with Crippen molar-refractivity contribution < 1.29 is 9.59 Å². The molecule has 0 spiro atoms. The number of nitrogens with one attached hydrogen (secondary N) is 1. The van der Waals surface area contributed by atoms with Crippen LogP contribution >= 0.6 is 11.3 Å². The lowest BCUT2D eigenvalue weighted by atomic mass is 10.1. The van der Waals surface area contributed by atoms with E-state index < -0.39 is 0 Å². The number of rotatable bonds is 4. The maximum atomic E-state index is 12.4. The molecule has 2 aliphatic carbocycles. The van der Waals surface area contributed by atoms with Crippen molar-refractivity contribution in [2.24, 2.45) is 11.8 Å². The van der Waals surface area contributed by atoms with Crippen molar-refractivity contribution in [3.05, 3.63) is 29.1 Å². The van der Waals surface area contributed by atoms with Gasteiger partial charge in [-0.25, -0.2) is 4.98 Å². The summed E-state index contributed by atoms with van der Waals surface area (Å²) in [4.78, 5) is 30.7. The van der Waals surface area contributed by atoms with Crippen LogP contribution in [0.25, 0.3) is 11.3 Å². The van der Waals surface area contributed by atoms with E-state index in [9.17, 15) is 9.59 Å². The summed E-state index contributed by atoms with van der Waals surface area (Å²) in [5.41, 5.74) is 4.19. The number of carbonyl (C=O) groups is 2. The normalized spacial score (nSPS) is 19.0. The average Bonchev–Trinajstić information content (AvgIpc) is 3.54. The number of thiazole rings is 1. The van der Waals surface area contributed by atoms with Crippen LogP contribution in [0.4, 0.5) is 10.8 Å². The monoisotopic (exact) mass is 353 g/mol. The van der Waals surface area contributed by atoms with E-state index in [1.807, 2.05) is 22.4 Å². The Kier molecular flexibility index (Phi) is 3.41. The topological polar surface area (TPSA) is 62.3 Å². The Balaban J connectivity index is 1.36. The number of carbonyl (C=O) groups excluding carboxylic acids is 2. The Morgan fingerprint density at radius 1 is 1.16 bits per heavy atom. The SMILES string of the molecule is O=C(Nc1nc(-c2ccc3c(c2)CCN3C(=O)C2CC2)cs1)C1CC1. The minimum Gasteiger partial charge on any atom is -0.312 e. The summed E-state index contributed by atoms with van der Waals surface area (Å²) in [5, 5.41) is 5.55. The molecule has 2 amide bonds. The van der Waals surface area contributed by atoms with Crippen LogP contribution in [0.1, 0.15) is 31.2 Å². The number of anilines is 2. The molecule has 0 saturated heterocycles. The molecule has 5 nitrogen and oxygen atoms in total. The minimum absolute atomic E-state index is 0.0871. The highest BCUT2D eigenvalue weighted by Crippen LogP contribution is 2.38. The van der Waals surface area contributed by atoms with E-state index >= 15 is 0 Å². The van der Waals surface area contributed by atoms with E-state index in [2.05, 4.69) is 16.4 Å². The lowest BCUT2D eigenvalue weighted by molar-refractivity contribution is -0.119. The Morgan fingerprint density at radius 3 is 2.72 bits per heavy atom. The predicted octanol–water partition coefficient (Wildman–Crippen LogP) is 3.46. The highest BCUT2D eigenvalue weighted by Gasteiger charge is 2.36. The molecule has 1 aromatic carbocycles. The Morgan fingerprint density at radius 2 is 1.96 bits per heavy atom. The van der Waals surface area contributed by atoms with E-state index in [-0.39, 0.29) is 23.7 Å². The van der Waals surface area contributed by atoms with Crippen molar-refractivity contribution in [3.63, 3.8) is 0 Å². The van der Waals surface area contributed by atoms with Gasteiger partial charge < -0.3 is 10.2 Å². The highest BCUT2D eigenvalue weighted by atomic mass is 32.1. The second kappa shape index (κ2) is 5.66. The average molecular weight is 353 g/mol. The molecule has 0 unspecified atom stereocenters. The van der Waals surface area contributed by atoms with Gasteiger partial charge in [0.2, 0.25) is 11.8 Å². The smallest absolute Gasteiger partial charge is 0.230 e. The fraction of sp³-hybridized carbons (Fsp3) is 0.421. The molecule has 3 aliphatic rings. The molecule has 2 fully saturated rings. The van der Waals surface area contributed by atoms with Gasteiger partial charge in [0, 0.05) is 35.0 Å². The van der Waals surface area contributed by atoms with Gasteiger partial charge in [-0.05, 0) is 49.8 Å². The van der Waals surface area contributed by atoms with Crippen LogP contribution in [0.2, 0.25) is 0 Å². The van der Waals surface area contributed by atoms with Crippen molar-refractivity contribution in [3.8, 4) is 11.3 Å². The van der Waals surface area contributed by atoms with Gasteiger partial charge in [-0.15, -0.1) is 11.3 Å². The predicted molar refractivity (Wildman–Crippen MR) is 97.7 cm³/mol. The van der Waals surface area contributed by atoms with Crippen LogP contribution < -0.4 is 10.2 Å². The van der Waals surface area contributed by atoms with Crippen LogP contribution in [0.15, 0.2) is 23.6 Å². The largest absolute Gasteiger partial charge is 0.312 e. The maximum Gasteiger partial charge on any atom is 0.230 e. The molecule has 1 N–H and O–H groups in total. The summed E-state index contributed by atoms with van der Waals surface area (Å²) in [7, 11) is 0. The number of hydrogen-bond acceptors (Lipinski definition) is 4. The Bertz CT molecular complexity index is 867. The summed E-state index contributed by atoms with van der Waals surface area (Å²) in [6.45, 7) is 0.786. The molecule has 5 rings (SSSR count). The molecule has 0 radical (unpaired) electrons. The fourth-order valence-corrected chi connectivity index (χ4v) is 4.08. The van der Waals surface area contributed by atoms with Gasteiger partial charge in [-0.2, -0.15) is 0 Å². The molecule has 6 heteroatoms. The molecular weight excluding hydrogens is 334 g/mol. The lowest BCUT2D eigenvalue weighted by Gasteiger charge is -2.17. The van der Waals surface area contributed by atoms with Gasteiger partial charge in [0.1, 0.15) is 0 Å². The molecule has 2 aromatic rings. The van der Waals surface area contributed by atoms with Gasteiger partial charge in [-0.1, -0.05) is 6.07 Å². The first-order valence-electron chi connectivity index (χ1n) is 8.90. The Hall–Kier alpha value is -2.21. The number of fused-ring (bicyclic) bond motifs is 1. The standard InChI is InChI=1S/C19H19N3O2S/c23-17(11-1-2-11)21-19-20-15(10-25-19)13-5-6-16-14(9-13)7-8-22(16)18(24)12-3-4-12/h5-6,9-12H,1-4,7-8H2,(H,20,21,23). The summed E-state index contributed by atoms with van der Waals surface area (Å²) >= 11 is 1.46. The first kappa shape index (κ1) is 15.1. The summed E-state index contributed by atoms with van der Waals surface area (Å²) in [5.74, 6) is 0.804. The first-order chi connectivity index (χ1) is 12.2. The van der Waals surface area contributed by atoms with Crippen LogP contribution in [0.3, 0.4) is 0 Å². The molecule has 25 heavy (non-hydrogen) atoms. The summed E-state index contributed by atoms with van der Waals surface area (Å²) < 4.78 is 0. The van der Waals surface area contributed by atoms with Crippen LogP contribution in [-0.2, 0) is 16.0 Å². The van der Waals surface area contributed by atoms with E-state index in [0.29, 0.717) is 5.13 Å². The van der Waals surface area contributed by atoms with E-state index in [1.54, 1.807) is 0 Å². The van der Waals surface area contributed by atoms with Crippen LogP contribution in [0, 0.1) is 11.8 Å². The van der Waals surface area contributed by atoms with Crippen molar-refractivity contribution in [2.45, 2.75) is 32.1 Å². The molecule has 1 aromatic heterocycles. The van der Waals surface area contributed by atoms with Gasteiger partial charge in [0.05, 0.1) is 5.69 Å². The molecule has 2 saturated carbocycles. The second-order valence-electron chi connectivity index (χ2n) is 7.16. The quantitative estimate of drug-likeness (QED) is 0.916. The van der Waals surface area contributed by atoms with Crippen LogP contribution in [-0.4, -0.2) is 23.3 Å². The third-order valence-electron chi connectivity index (χ3n) is 5.15. The zero-order valence-electron chi connectivity index (χ0n) is 13.8. The summed E-state index contributed by atoms with van der Waals surface area (Å²) in [6.07, 6.45) is 4.96. The molecule has 1 aliphatic heterocycles. The van der Waals surface area contributed by atoms with Crippen molar-refractivity contribution in [1.29, 1.82) is 0 Å². The third-order valence-corrected chi connectivity index (χ3v) is 5.90. The molecular formula is C19H19N3O2S. The number of amides is 2. The molecule has 0 atom stereocenters. The number of nitrogens with zero attached hydrogens (tertiary/aromatic N) is 2. The zero-order valence-corrected chi connectivity index (χ0v) is 14.6. The van der Waals surface area contributed by atoms with E-state index in [0.717, 1.165) is 55.6 Å². The summed E-state index contributed by atoms with van der Waals surface area (Å²) in [6, 6.07) is 6.20. The lowest BCUT2D eigenvalue weighted by Crippen LogP contribution is -2.30. The zero-order chi connectivity index (χ0) is 17.0. The number of hydrogen-bond donors (Lipinski definition) is 1. The van der Waals surface area contributed by atoms with Crippen molar-refractivity contribution >= 4 is 34.0 Å². The third kappa shape index (κ3) is 2.84. The number of benzene rings is 1.